The van der Waals surface area contributed by atoms with Crippen molar-refractivity contribution < 1.29 is 23.8 Å². The predicted molar refractivity (Wildman–Crippen MR) is 17.7 cm³/mol. The third-order valence-corrected chi connectivity index (χ3v) is 1.95. The fourth-order valence-electron chi connectivity index (χ4n) is 0.0255. The van der Waals surface area contributed by atoms with E-state index in [2.05, 4.69) is 0 Å². The van der Waals surface area contributed by atoms with Crippen molar-refractivity contribution in [2.75, 3.05) is 6.61 Å². The predicted octanol–water partition coefficient (Wildman–Crippen LogP) is 0.633. The maximum atomic E-state index is 8.01. The van der Waals surface area contributed by atoms with E-state index in [1.165, 1.54) is 0 Å². The molecule has 0 aromatic carbocycles. The second kappa shape index (κ2) is 4.99. The molecule has 0 fully saturated rings. The van der Waals surface area contributed by atoms with Crippen LogP contribution >= 0.6 is 9.19 Å². The first kappa shape index (κ1) is 5.99. The summed E-state index contributed by atoms with van der Waals surface area (Å²) in [5.74, 6) is 0. The van der Waals surface area contributed by atoms with E-state index in [1.807, 2.05) is 0 Å². The SMILES string of the molecule is OC[CH2][Au][Cl]. The normalized spacial score (nSPS) is 9.20. The van der Waals surface area contributed by atoms with Gasteiger partial charge in [-0.3, -0.25) is 0 Å². The monoisotopic (exact) mass is 277 g/mol. The molecule has 0 saturated carbocycles. The fourth-order valence-corrected chi connectivity index (χ4v) is 0.626. The molecule has 1 nitrogen and oxygen atoms in total. The van der Waals surface area contributed by atoms with Crippen LogP contribution in [-0.4, -0.2) is 11.7 Å². The van der Waals surface area contributed by atoms with Crippen LogP contribution in [0.4, 0.5) is 0 Å². The molecule has 0 saturated heterocycles. The van der Waals surface area contributed by atoms with Crippen LogP contribution in [0.25, 0.3) is 0 Å². The zero-order valence-electron chi connectivity index (χ0n) is 2.54. The van der Waals surface area contributed by atoms with Gasteiger partial charge in [-0.15, -0.1) is 0 Å². The fraction of sp³-hybridized carbons (Fsp3) is 1.00. The van der Waals surface area contributed by atoms with Gasteiger partial charge in [-0.2, -0.15) is 0 Å². The average molecular weight is 277 g/mol. The van der Waals surface area contributed by atoms with Gasteiger partial charge in [-0.1, -0.05) is 0 Å². The van der Waals surface area contributed by atoms with Crippen LogP contribution in [0.3, 0.4) is 0 Å². The van der Waals surface area contributed by atoms with Crippen molar-refractivity contribution in [1.82, 2.24) is 0 Å². The Hall–Kier alpha value is 0.990. The number of rotatable bonds is 2. The molecule has 0 radical (unpaired) electrons. The molecule has 0 unspecified atom stereocenters. The summed E-state index contributed by atoms with van der Waals surface area (Å²) >= 11 is -0.0849. The van der Waals surface area contributed by atoms with Gasteiger partial charge < -0.3 is 0 Å². The van der Waals surface area contributed by atoms with Gasteiger partial charge in [0, 0.05) is 0 Å². The Bertz CT molecular complexity index is 17.1. The van der Waals surface area contributed by atoms with Crippen LogP contribution in [0, 0.1) is 0 Å². The van der Waals surface area contributed by atoms with E-state index in [4.69, 9.17) is 14.3 Å². The van der Waals surface area contributed by atoms with Crippen molar-refractivity contribution in [3.63, 3.8) is 0 Å². The average Bonchev–Trinajstić information content (AvgIpc) is 1.41. The molecule has 3 heteroatoms. The summed E-state index contributed by atoms with van der Waals surface area (Å²) in [5.41, 5.74) is 0. The number of aliphatic hydroxyl groups excluding tert-OH is 1. The molecule has 0 aromatic heterocycles. The molecule has 0 amide bonds. The van der Waals surface area contributed by atoms with E-state index >= 15 is 0 Å². The Morgan fingerprint density at radius 2 is 2.40 bits per heavy atom. The van der Waals surface area contributed by atoms with Gasteiger partial charge in [0.25, 0.3) is 0 Å². The Morgan fingerprint density at radius 3 is 2.40 bits per heavy atom. The topological polar surface area (TPSA) is 20.2 Å². The van der Waals surface area contributed by atoms with E-state index in [0.29, 0.717) is 0 Å². The third kappa shape index (κ3) is 4.99. The summed E-state index contributed by atoms with van der Waals surface area (Å²) in [4.78, 5) is 0. The van der Waals surface area contributed by atoms with Crippen LogP contribution in [0.5, 0.6) is 0 Å². The zero-order valence-corrected chi connectivity index (χ0v) is 5.46. The van der Waals surface area contributed by atoms with Crippen LogP contribution in [0.15, 0.2) is 0 Å². The molecule has 1 N–H and O–H groups in total. The van der Waals surface area contributed by atoms with E-state index in [9.17, 15) is 0 Å². The van der Waals surface area contributed by atoms with Crippen molar-refractivity contribution >= 4 is 9.19 Å². The summed E-state index contributed by atoms with van der Waals surface area (Å²) in [7, 11) is 5.24. The van der Waals surface area contributed by atoms with Crippen LogP contribution in [0.1, 0.15) is 0 Å². The van der Waals surface area contributed by atoms with Crippen molar-refractivity contribution in [3.8, 4) is 0 Å². The molecule has 0 aliphatic rings. The Balaban J connectivity index is 2.19. The van der Waals surface area contributed by atoms with Gasteiger partial charge in [0.15, 0.2) is 0 Å². The second-order valence-corrected chi connectivity index (χ2v) is 3.44. The molecule has 0 atom stereocenters. The molecular formula is C2H5AuClO. The van der Waals surface area contributed by atoms with E-state index in [-0.39, 0.29) is 25.3 Å². The number of hydrogen-bond acceptors (Lipinski definition) is 1. The molecular weight excluding hydrogens is 272 g/mol. The first-order chi connectivity index (χ1) is 2.41. The van der Waals surface area contributed by atoms with Gasteiger partial charge >= 0.3 is 44.2 Å². The minimum atomic E-state index is -0.0849. The van der Waals surface area contributed by atoms with Crippen molar-refractivity contribution in [3.05, 3.63) is 0 Å². The molecule has 0 spiro atoms. The molecule has 0 aromatic rings. The van der Waals surface area contributed by atoms with Gasteiger partial charge in [0.05, 0.1) is 0 Å². The molecule has 5 heavy (non-hydrogen) atoms. The molecule has 0 aliphatic heterocycles. The summed E-state index contributed by atoms with van der Waals surface area (Å²) in [6, 6.07) is 0. The van der Waals surface area contributed by atoms with Gasteiger partial charge in [-0.05, 0) is 0 Å². The first-order valence-electron chi connectivity index (χ1n) is 1.14. The second-order valence-electron chi connectivity index (χ2n) is 0.455. The maximum absolute atomic E-state index is 8.01. The summed E-state index contributed by atoms with van der Waals surface area (Å²) in [6.07, 6.45) is 0. The molecule has 0 aliphatic carbocycles. The number of hydrogen-bond donors (Lipinski definition) is 1. The summed E-state index contributed by atoms with van der Waals surface area (Å²) in [5, 5.41) is 8.01. The quantitative estimate of drug-likeness (QED) is 0.734. The summed E-state index contributed by atoms with van der Waals surface area (Å²) < 4.78 is 0.807. The molecule has 37 valence electrons. The Kier molecular flexibility index (Phi) is 5.98. The first-order valence-corrected chi connectivity index (χ1v) is 5.36. The van der Waals surface area contributed by atoms with Crippen molar-refractivity contribution in [2.24, 2.45) is 0 Å². The van der Waals surface area contributed by atoms with Crippen LogP contribution in [0.2, 0.25) is 4.64 Å². The Labute approximate surface area is 44.5 Å². The number of aliphatic hydroxyl groups is 1. The molecule has 0 rings (SSSR count). The summed E-state index contributed by atoms with van der Waals surface area (Å²) in [6.45, 7) is 0.255. The van der Waals surface area contributed by atoms with Gasteiger partial charge in [-0.25, -0.2) is 0 Å². The minimum absolute atomic E-state index is 0.0849. The van der Waals surface area contributed by atoms with E-state index < -0.39 is 0 Å². The zero-order chi connectivity index (χ0) is 4.12. The van der Waals surface area contributed by atoms with Crippen molar-refractivity contribution in [1.29, 1.82) is 0 Å². The number of halogens is 1. The standard InChI is InChI=1S/C2H5O.Au.ClH/c1-2-3;;/h3H,1-2H2;;1H/q;+1;/p-1. The van der Waals surface area contributed by atoms with Crippen molar-refractivity contribution in [2.45, 2.75) is 4.64 Å². The van der Waals surface area contributed by atoms with E-state index in [0.717, 1.165) is 4.64 Å². The van der Waals surface area contributed by atoms with Crippen LogP contribution in [-0.2, 0) is 18.7 Å². The van der Waals surface area contributed by atoms with Crippen LogP contribution < -0.4 is 0 Å². The van der Waals surface area contributed by atoms with Gasteiger partial charge in [0.1, 0.15) is 0 Å². The Morgan fingerprint density at radius 1 is 1.80 bits per heavy atom. The van der Waals surface area contributed by atoms with E-state index in [1.54, 1.807) is 0 Å². The molecule has 0 bridgehead atoms. The third-order valence-electron chi connectivity index (χ3n) is 0.124. The molecule has 0 heterocycles. The van der Waals surface area contributed by atoms with Gasteiger partial charge in [0.2, 0.25) is 0 Å².